The summed E-state index contributed by atoms with van der Waals surface area (Å²) in [5.74, 6) is -0.453. The van der Waals surface area contributed by atoms with Crippen molar-refractivity contribution in [1.82, 2.24) is 20.0 Å². The first kappa shape index (κ1) is 15.6. The molecule has 2 amide bonds. The lowest BCUT2D eigenvalue weighted by Crippen LogP contribution is -2.45. The smallest absolute Gasteiger partial charge is 0.249 e. The Morgan fingerprint density at radius 2 is 2.25 bits per heavy atom. The lowest BCUT2D eigenvalue weighted by atomic mass is 9.95. The number of nitrogen functional groups attached to an aromatic ring is 1. The van der Waals surface area contributed by atoms with Crippen molar-refractivity contribution in [2.75, 3.05) is 12.8 Å². The van der Waals surface area contributed by atoms with Crippen LogP contribution in [0.1, 0.15) is 22.7 Å². The van der Waals surface area contributed by atoms with Crippen LogP contribution in [0.3, 0.4) is 0 Å². The van der Waals surface area contributed by atoms with Crippen LogP contribution >= 0.6 is 0 Å². The molecular formula is C16H16N6O2. The van der Waals surface area contributed by atoms with Gasteiger partial charge in [-0.05, 0) is 11.1 Å². The van der Waals surface area contributed by atoms with Crippen LogP contribution in [0.2, 0.25) is 0 Å². The summed E-state index contributed by atoms with van der Waals surface area (Å²) < 4.78 is 1.23. The predicted molar refractivity (Wildman–Crippen MR) is 85.2 cm³/mol. The number of carbonyl (C=O) groups is 2. The molecule has 0 saturated carbocycles. The van der Waals surface area contributed by atoms with Crippen molar-refractivity contribution in [3.8, 4) is 6.07 Å². The molecule has 3 rings (SSSR count). The molecule has 8 heteroatoms. The molecule has 0 fully saturated rings. The van der Waals surface area contributed by atoms with E-state index in [2.05, 4.69) is 10.4 Å². The lowest BCUT2D eigenvalue weighted by molar-refractivity contribution is -0.137. The highest BCUT2D eigenvalue weighted by molar-refractivity contribution is 5.90. The molecule has 0 spiro atoms. The van der Waals surface area contributed by atoms with Gasteiger partial charge in [0, 0.05) is 13.6 Å². The first-order valence-electron chi connectivity index (χ1n) is 7.34. The van der Waals surface area contributed by atoms with Gasteiger partial charge in [0.15, 0.2) is 0 Å². The Balaban J connectivity index is 1.80. The average molecular weight is 324 g/mol. The second-order valence-electron chi connectivity index (χ2n) is 5.61. The topological polar surface area (TPSA) is 117 Å². The quantitative estimate of drug-likeness (QED) is 0.834. The van der Waals surface area contributed by atoms with Crippen molar-refractivity contribution in [2.24, 2.45) is 0 Å². The fourth-order valence-corrected chi connectivity index (χ4v) is 2.74. The average Bonchev–Trinajstić information content (AvgIpc) is 2.92. The number of anilines is 1. The van der Waals surface area contributed by atoms with E-state index < -0.39 is 11.9 Å². The molecule has 122 valence electrons. The Kier molecular flexibility index (Phi) is 3.92. The van der Waals surface area contributed by atoms with Crippen molar-refractivity contribution in [3.63, 3.8) is 0 Å². The first-order valence-corrected chi connectivity index (χ1v) is 7.34. The zero-order chi connectivity index (χ0) is 17.3. The highest BCUT2D eigenvalue weighted by Gasteiger charge is 2.32. The molecule has 0 radical (unpaired) electrons. The van der Waals surface area contributed by atoms with Gasteiger partial charge in [0.25, 0.3) is 0 Å². The summed E-state index contributed by atoms with van der Waals surface area (Å²) in [6.45, 7) is 0.349. The van der Waals surface area contributed by atoms with Crippen molar-refractivity contribution in [2.45, 2.75) is 19.1 Å². The maximum absolute atomic E-state index is 12.4. The summed E-state index contributed by atoms with van der Waals surface area (Å²) in [5, 5.41) is 15.5. The van der Waals surface area contributed by atoms with Gasteiger partial charge in [0.05, 0.1) is 6.20 Å². The van der Waals surface area contributed by atoms with E-state index in [1.165, 1.54) is 10.9 Å². The molecule has 1 aliphatic heterocycles. The van der Waals surface area contributed by atoms with Gasteiger partial charge < -0.3 is 16.0 Å². The second-order valence-corrected chi connectivity index (χ2v) is 5.61. The van der Waals surface area contributed by atoms with Gasteiger partial charge in [-0.1, -0.05) is 24.3 Å². The minimum atomic E-state index is -0.736. The number of aromatic nitrogens is 2. The van der Waals surface area contributed by atoms with Gasteiger partial charge in [-0.2, -0.15) is 10.4 Å². The van der Waals surface area contributed by atoms with E-state index in [1.54, 1.807) is 11.9 Å². The molecule has 3 N–H and O–H groups in total. The number of carbonyl (C=O) groups excluding carboxylic acids is 2. The van der Waals surface area contributed by atoms with E-state index in [-0.39, 0.29) is 23.8 Å². The van der Waals surface area contributed by atoms with Crippen LogP contribution in [-0.2, 0) is 22.7 Å². The van der Waals surface area contributed by atoms with Gasteiger partial charge in [-0.25, -0.2) is 4.68 Å². The molecule has 2 heterocycles. The number of nitrogens with two attached hydrogens (primary N) is 1. The third-order valence-electron chi connectivity index (χ3n) is 4.00. The lowest BCUT2D eigenvalue weighted by Gasteiger charge is -2.32. The Labute approximate surface area is 138 Å². The largest absolute Gasteiger partial charge is 0.383 e. The monoisotopic (exact) mass is 324 g/mol. The van der Waals surface area contributed by atoms with Gasteiger partial charge in [-0.15, -0.1) is 0 Å². The minimum absolute atomic E-state index is 0.125. The van der Waals surface area contributed by atoms with E-state index in [0.717, 1.165) is 11.1 Å². The number of hydrogen-bond acceptors (Lipinski definition) is 5. The van der Waals surface area contributed by atoms with E-state index in [9.17, 15) is 9.59 Å². The predicted octanol–water partition coefficient (Wildman–Crippen LogP) is 0.166. The summed E-state index contributed by atoms with van der Waals surface area (Å²) in [5.41, 5.74) is 7.74. The van der Waals surface area contributed by atoms with Crippen LogP contribution in [0.4, 0.5) is 5.82 Å². The van der Waals surface area contributed by atoms with Crippen molar-refractivity contribution >= 4 is 17.6 Å². The summed E-state index contributed by atoms with van der Waals surface area (Å²) in [6, 6.07) is 8.66. The summed E-state index contributed by atoms with van der Waals surface area (Å²) in [7, 11) is 1.70. The molecule has 24 heavy (non-hydrogen) atoms. The van der Waals surface area contributed by atoms with Crippen LogP contribution in [0, 0.1) is 11.3 Å². The van der Waals surface area contributed by atoms with Crippen molar-refractivity contribution < 1.29 is 9.59 Å². The van der Waals surface area contributed by atoms with Crippen LogP contribution < -0.4 is 11.1 Å². The van der Waals surface area contributed by atoms with Crippen LogP contribution in [0.25, 0.3) is 0 Å². The fraction of sp³-hybridized carbons (Fsp3) is 0.250. The number of amides is 2. The van der Waals surface area contributed by atoms with Crippen LogP contribution in [0.15, 0.2) is 30.5 Å². The molecule has 1 atom stereocenters. The van der Waals surface area contributed by atoms with E-state index in [4.69, 9.17) is 11.0 Å². The molecule has 0 bridgehead atoms. The van der Waals surface area contributed by atoms with Gasteiger partial charge >= 0.3 is 0 Å². The second kappa shape index (κ2) is 6.04. The molecule has 1 aliphatic rings. The highest BCUT2D eigenvalue weighted by Crippen LogP contribution is 2.26. The summed E-state index contributed by atoms with van der Waals surface area (Å²) >= 11 is 0. The highest BCUT2D eigenvalue weighted by atomic mass is 16.2. The third-order valence-corrected chi connectivity index (χ3v) is 4.00. The number of rotatable bonds is 3. The van der Waals surface area contributed by atoms with E-state index in [1.807, 2.05) is 30.3 Å². The third kappa shape index (κ3) is 2.67. The van der Waals surface area contributed by atoms with Crippen molar-refractivity contribution in [1.29, 1.82) is 5.26 Å². The summed E-state index contributed by atoms with van der Waals surface area (Å²) in [4.78, 5) is 26.3. The summed E-state index contributed by atoms with van der Waals surface area (Å²) in [6.07, 6.45) is 1.30. The number of nitrogens with one attached hydrogen (secondary N) is 1. The normalized spacial score (nSPS) is 16.4. The van der Waals surface area contributed by atoms with Gasteiger partial charge in [-0.3, -0.25) is 9.59 Å². The molecular weight excluding hydrogens is 308 g/mol. The van der Waals surface area contributed by atoms with Gasteiger partial charge in [0.2, 0.25) is 11.8 Å². The number of nitriles is 1. The zero-order valence-electron chi connectivity index (χ0n) is 13.1. The Hall–Kier alpha value is -3.34. The Bertz CT molecular complexity index is 850. The standard InChI is InChI=1S/C16H16N6O2/c1-21-8-10-4-2-3-5-12(10)14(16(21)24)20-13(23)9-22-15(18)11(6-17)7-19-22/h2-5,7,14H,8-9,18H2,1H3,(H,20,23). The molecule has 8 nitrogen and oxygen atoms in total. The first-order chi connectivity index (χ1) is 11.5. The Morgan fingerprint density at radius 1 is 1.50 bits per heavy atom. The number of fused-ring (bicyclic) bond motifs is 1. The van der Waals surface area contributed by atoms with E-state index >= 15 is 0 Å². The number of likely N-dealkylation sites (N-methyl/N-ethyl adjacent to an activating group) is 1. The molecule has 1 unspecified atom stereocenters. The molecule has 2 aromatic rings. The number of nitrogens with zero attached hydrogens (tertiary/aromatic N) is 4. The number of benzene rings is 1. The minimum Gasteiger partial charge on any atom is -0.383 e. The molecule has 1 aromatic heterocycles. The molecule has 0 saturated heterocycles. The SMILES string of the molecule is CN1Cc2ccccc2C(NC(=O)Cn2ncc(C#N)c2N)C1=O. The van der Waals surface area contributed by atoms with Gasteiger partial charge in [0.1, 0.15) is 30.0 Å². The number of hydrogen-bond donors (Lipinski definition) is 2. The van der Waals surface area contributed by atoms with E-state index in [0.29, 0.717) is 6.54 Å². The van der Waals surface area contributed by atoms with Crippen LogP contribution in [0.5, 0.6) is 0 Å². The van der Waals surface area contributed by atoms with Crippen LogP contribution in [-0.4, -0.2) is 33.5 Å². The Morgan fingerprint density at radius 3 is 2.96 bits per heavy atom. The maximum Gasteiger partial charge on any atom is 0.249 e. The molecule has 0 aliphatic carbocycles. The maximum atomic E-state index is 12.4. The van der Waals surface area contributed by atoms with Crippen molar-refractivity contribution in [3.05, 3.63) is 47.2 Å². The fourth-order valence-electron chi connectivity index (χ4n) is 2.74. The molecule has 1 aromatic carbocycles. The zero-order valence-corrected chi connectivity index (χ0v) is 13.1.